The first kappa shape index (κ1) is 23.0. The van der Waals surface area contributed by atoms with Gasteiger partial charge in [-0.05, 0) is 43.3 Å². The third-order valence-electron chi connectivity index (χ3n) is 5.33. The lowest BCUT2D eigenvalue weighted by Gasteiger charge is -2.16. The van der Waals surface area contributed by atoms with Crippen LogP contribution in [0.3, 0.4) is 0 Å². The lowest BCUT2D eigenvalue weighted by atomic mass is 10.1. The number of imide groups is 1. The Kier molecular flexibility index (Phi) is 5.71. The predicted octanol–water partition coefficient (Wildman–Crippen LogP) is 3.93. The summed E-state index contributed by atoms with van der Waals surface area (Å²) in [4.78, 5) is 60.6. The van der Waals surface area contributed by atoms with Gasteiger partial charge in [0.25, 0.3) is 11.7 Å². The van der Waals surface area contributed by atoms with Crippen LogP contribution >= 0.6 is 0 Å². The summed E-state index contributed by atoms with van der Waals surface area (Å²) in [5.41, 5.74) is -1.51. The molecule has 12 nitrogen and oxygen atoms in total. The highest BCUT2D eigenvalue weighted by Gasteiger charge is 2.41. The molecule has 0 bridgehead atoms. The van der Waals surface area contributed by atoms with Gasteiger partial charge in [0.05, 0.1) is 33.8 Å². The van der Waals surface area contributed by atoms with E-state index in [-0.39, 0.29) is 11.3 Å². The molecule has 1 aliphatic heterocycles. The first-order valence-corrected chi connectivity index (χ1v) is 10.0. The number of nitro benzene ring substituents is 2. The minimum absolute atomic E-state index is 0.00124. The molecule has 0 radical (unpaired) electrons. The molecule has 0 spiro atoms. The fourth-order valence-corrected chi connectivity index (χ4v) is 3.65. The van der Waals surface area contributed by atoms with E-state index in [4.69, 9.17) is 4.74 Å². The topological polar surface area (TPSA) is 162 Å². The summed E-state index contributed by atoms with van der Waals surface area (Å²) in [5, 5.41) is 26.3. The smallest absolute Gasteiger partial charge is 0.306 e. The molecule has 2 amide bonds. The molecule has 0 fully saturated rings. The zero-order chi connectivity index (χ0) is 25.4. The minimum Gasteiger partial charge on any atom is -0.497 e. The average molecular weight is 476 g/mol. The molecule has 0 aromatic heterocycles. The van der Waals surface area contributed by atoms with Gasteiger partial charge in [0.15, 0.2) is 5.69 Å². The van der Waals surface area contributed by atoms with Crippen LogP contribution in [0.1, 0.15) is 26.3 Å². The summed E-state index contributed by atoms with van der Waals surface area (Å²) in [7, 11) is 1.45. The number of anilines is 3. The van der Waals surface area contributed by atoms with Gasteiger partial charge in [0.1, 0.15) is 5.75 Å². The van der Waals surface area contributed by atoms with E-state index in [1.807, 2.05) is 0 Å². The Morgan fingerprint density at radius 1 is 0.943 bits per heavy atom. The van der Waals surface area contributed by atoms with E-state index in [0.29, 0.717) is 21.9 Å². The van der Waals surface area contributed by atoms with Crippen molar-refractivity contribution in [2.75, 3.05) is 17.3 Å². The molecule has 0 saturated carbocycles. The molecular formula is C23H16N4O8. The van der Waals surface area contributed by atoms with Gasteiger partial charge in [0, 0.05) is 17.8 Å². The number of rotatable bonds is 6. The number of aryl methyl sites for hydroxylation is 1. The lowest BCUT2D eigenvalue weighted by molar-refractivity contribution is -0.392. The van der Waals surface area contributed by atoms with Gasteiger partial charge in [-0.2, -0.15) is 0 Å². The van der Waals surface area contributed by atoms with E-state index >= 15 is 0 Å². The van der Waals surface area contributed by atoms with Gasteiger partial charge in [-0.1, -0.05) is 11.6 Å². The number of hydrogen-bond acceptors (Lipinski definition) is 9. The Balaban J connectivity index is 1.81. The van der Waals surface area contributed by atoms with E-state index in [1.165, 1.54) is 31.4 Å². The second-order valence-electron chi connectivity index (χ2n) is 7.55. The number of nitrogens with one attached hydrogen (secondary N) is 1. The second-order valence-corrected chi connectivity index (χ2v) is 7.55. The largest absolute Gasteiger partial charge is 0.497 e. The standard InChI is InChI=1S/C23H16N4O8/c1-12-3-8-17-16(9-12)21(28)23(30)25(17)22(29)13-10-18(26(31)32)20(19(11-13)27(33)34)24-14-4-6-15(35-2)7-5-14/h3-11,24H,1-2H3. The maximum Gasteiger partial charge on any atom is 0.306 e. The monoisotopic (exact) mass is 476 g/mol. The van der Waals surface area contributed by atoms with E-state index in [2.05, 4.69) is 5.32 Å². The Bertz CT molecular complexity index is 1400. The fraction of sp³-hybridized carbons (Fsp3) is 0.0870. The Morgan fingerprint density at radius 2 is 1.54 bits per heavy atom. The number of ether oxygens (including phenoxy) is 1. The van der Waals surface area contributed by atoms with Crippen molar-refractivity contribution in [3.63, 3.8) is 0 Å². The van der Waals surface area contributed by atoms with Gasteiger partial charge in [0.2, 0.25) is 0 Å². The molecule has 3 aromatic carbocycles. The van der Waals surface area contributed by atoms with Gasteiger partial charge in [-0.25, -0.2) is 4.90 Å². The maximum atomic E-state index is 13.2. The van der Waals surface area contributed by atoms with Gasteiger partial charge >= 0.3 is 17.3 Å². The molecule has 1 aliphatic rings. The summed E-state index contributed by atoms with van der Waals surface area (Å²) in [6.45, 7) is 1.70. The molecule has 0 aliphatic carbocycles. The molecule has 35 heavy (non-hydrogen) atoms. The predicted molar refractivity (Wildman–Crippen MR) is 123 cm³/mol. The van der Waals surface area contributed by atoms with Crippen LogP contribution in [-0.4, -0.2) is 34.6 Å². The number of amides is 2. The molecule has 1 heterocycles. The van der Waals surface area contributed by atoms with Crippen molar-refractivity contribution in [1.82, 2.24) is 0 Å². The molecule has 3 aromatic rings. The van der Waals surface area contributed by atoms with Gasteiger partial charge in [-0.15, -0.1) is 0 Å². The fourth-order valence-electron chi connectivity index (χ4n) is 3.65. The van der Waals surface area contributed by atoms with E-state index in [0.717, 1.165) is 12.1 Å². The first-order valence-electron chi connectivity index (χ1n) is 10.0. The Labute approximate surface area is 197 Å². The molecule has 176 valence electrons. The number of benzene rings is 3. The van der Waals surface area contributed by atoms with E-state index in [9.17, 15) is 34.6 Å². The van der Waals surface area contributed by atoms with Crippen LogP contribution in [0.15, 0.2) is 54.6 Å². The number of methoxy groups -OCH3 is 1. The second kappa shape index (κ2) is 8.67. The quantitative estimate of drug-likeness (QED) is 0.240. The average Bonchev–Trinajstić information content (AvgIpc) is 3.08. The SMILES string of the molecule is COc1ccc(Nc2c([N+](=O)[O-])cc(C(=O)N3C(=O)C(=O)c4cc(C)ccc43)cc2[N+](=O)[O-])cc1. The molecular weight excluding hydrogens is 460 g/mol. The van der Waals surface area contributed by atoms with Crippen LogP contribution in [0.25, 0.3) is 0 Å². The summed E-state index contributed by atoms with van der Waals surface area (Å²) in [6, 6.07) is 12.2. The van der Waals surface area contributed by atoms with Crippen molar-refractivity contribution >= 4 is 46.0 Å². The Morgan fingerprint density at radius 3 is 2.09 bits per heavy atom. The number of nitrogens with zero attached hydrogens (tertiary/aromatic N) is 3. The van der Waals surface area contributed by atoms with Crippen molar-refractivity contribution < 1.29 is 29.0 Å². The van der Waals surface area contributed by atoms with Crippen LogP contribution in [0.5, 0.6) is 5.75 Å². The van der Waals surface area contributed by atoms with Crippen LogP contribution in [0, 0.1) is 27.2 Å². The zero-order valence-corrected chi connectivity index (χ0v) is 18.3. The number of ketones is 1. The number of fused-ring (bicyclic) bond motifs is 1. The van der Waals surface area contributed by atoms with Crippen LogP contribution < -0.4 is 15.0 Å². The molecule has 0 unspecified atom stereocenters. The molecule has 12 heteroatoms. The minimum atomic E-state index is -1.15. The van der Waals surface area contributed by atoms with Gasteiger partial charge < -0.3 is 10.1 Å². The van der Waals surface area contributed by atoms with Crippen LogP contribution in [-0.2, 0) is 4.79 Å². The number of carbonyl (C=O) groups excluding carboxylic acids is 3. The highest BCUT2D eigenvalue weighted by atomic mass is 16.6. The van der Waals surface area contributed by atoms with Crippen molar-refractivity contribution in [3.8, 4) is 5.75 Å². The van der Waals surface area contributed by atoms with E-state index < -0.39 is 50.1 Å². The van der Waals surface area contributed by atoms with Crippen molar-refractivity contribution in [2.24, 2.45) is 0 Å². The maximum absolute atomic E-state index is 13.2. The molecule has 4 rings (SSSR count). The summed E-state index contributed by atoms with van der Waals surface area (Å²) in [6.07, 6.45) is 0. The normalized spacial score (nSPS) is 12.3. The highest BCUT2D eigenvalue weighted by Crippen LogP contribution is 2.39. The summed E-state index contributed by atoms with van der Waals surface area (Å²) in [5.74, 6) is -2.67. The third kappa shape index (κ3) is 4.04. The molecule has 1 N–H and O–H groups in total. The number of hydrogen-bond donors (Lipinski definition) is 1. The van der Waals surface area contributed by atoms with Crippen molar-refractivity contribution in [1.29, 1.82) is 0 Å². The first-order chi connectivity index (χ1) is 16.6. The molecule has 0 atom stereocenters. The van der Waals surface area contributed by atoms with Crippen LogP contribution in [0.4, 0.5) is 28.4 Å². The summed E-state index contributed by atoms with van der Waals surface area (Å²) < 4.78 is 5.04. The number of Topliss-reactive ketones (excluding diaryl/α,β-unsaturated/α-hetero) is 1. The highest BCUT2D eigenvalue weighted by molar-refractivity contribution is 6.57. The number of carbonyl (C=O) groups is 3. The van der Waals surface area contributed by atoms with Crippen LogP contribution in [0.2, 0.25) is 0 Å². The zero-order valence-electron chi connectivity index (χ0n) is 18.3. The number of nitro groups is 2. The van der Waals surface area contributed by atoms with Crippen molar-refractivity contribution in [2.45, 2.75) is 6.92 Å². The Hall–Kier alpha value is -5.13. The molecule has 0 saturated heterocycles. The van der Waals surface area contributed by atoms with Gasteiger partial charge in [-0.3, -0.25) is 34.6 Å². The van der Waals surface area contributed by atoms with E-state index in [1.54, 1.807) is 25.1 Å². The summed E-state index contributed by atoms with van der Waals surface area (Å²) >= 11 is 0. The third-order valence-corrected chi connectivity index (χ3v) is 5.33. The lowest BCUT2D eigenvalue weighted by Crippen LogP contribution is -2.36. The van der Waals surface area contributed by atoms with Crippen molar-refractivity contribution in [3.05, 3.63) is 91.5 Å².